The molecule has 5 heteroatoms. The van der Waals surface area contributed by atoms with Crippen LogP contribution < -0.4 is 15.8 Å². The predicted molar refractivity (Wildman–Crippen MR) is 86.8 cm³/mol. The van der Waals surface area contributed by atoms with Gasteiger partial charge in [0.05, 0.1) is 12.3 Å². The number of amides is 1. The van der Waals surface area contributed by atoms with Gasteiger partial charge in [-0.05, 0) is 37.7 Å². The smallest absolute Gasteiger partial charge is 0.251 e. The molecule has 0 aliphatic heterocycles. The average molecular weight is 293 g/mol. The summed E-state index contributed by atoms with van der Waals surface area (Å²) in [5.74, 6) is 0.535. The van der Waals surface area contributed by atoms with Gasteiger partial charge in [0.2, 0.25) is 0 Å². The predicted octanol–water partition coefficient (Wildman–Crippen LogP) is 2.13. The molecule has 0 spiro atoms. The van der Waals surface area contributed by atoms with Gasteiger partial charge in [0, 0.05) is 18.7 Å². The molecule has 1 rings (SSSR count). The van der Waals surface area contributed by atoms with Crippen LogP contribution in [-0.4, -0.2) is 43.6 Å². The van der Waals surface area contributed by atoms with E-state index >= 15 is 0 Å². The highest BCUT2D eigenvalue weighted by Gasteiger charge is 2.09. The Kier molecular flexibility index (Phi) is 7.61. The first-order valence-electron chi connectivity index (χ1n) is 7.65. The molecule has 0 saturated carbocycles. The van der Waals surface area contributed by atoms with E-state index in [4.69, 9.17) is 10.5 Å². The van der Waals surface area contributed by atoms with E-state index in [9.17, 15) is 4.79 Å². The molecule has 1 amide bonds. The van der Waals surface area contributed by atoms with Crippen LogP contribution in [0.1, 0.15) is 37.6 Å². The highest BCUT2D eigenvalue weighted by atomic mass is 16.5. The summed E-state index contributed by atoms with van der Waals surface area (Å²) in [6, 6.07) is 5.16. The topological polar surface area (TPSA) is 67.6 Å². The Labute approximate surface area is 127 Å². The molecule has 0 saturated heterocycles. The zero-order chi connectivity index (χ0) is 15.7. The number of hydrogen-bond acceptors (Lipinski definition) is 4. The molecule has 5 nitrogen and oxygen atoms in total. The van der Waals surface area contributed by atoms with Crippen molar-refractivity contribution in [2.45, 2.75) is 27.2 Å². The Balaban J connectivity index is 2.52. The summed E-state index contributed by atoms with van der Waals surface area (Å²) in [5, 5.41) is 2.91. The Morgan fingerprint density at radius 2 is 2.00 bits per heavy atom. The number of carbonyl (C=O) groups excluding carboxylic acids is 1. The number of nitrogen functional groups attached to an aromatic ring is 1. The molecule has 3 N–H and O–H groups in total. The monoisotopic (exact) mass is 293 g/mol. The molecule has 0 atom stereocenters. The second-order valence-electron chi connectivity index (χ2n) is 4.88. The number of benzene rings is 1. The minimum Gasteiger partial charge on any atom is -0.491 e. The van der Waals surface area contributed by atoms with Crippen molar-refractivity contribution in [1.82, 2.24) is 10.2 Å². The summed E-state index contributed by atoms with van der Waals surface area (Å²) in [4.78, 5) is 14.3. The molecule has 0 radical (unpaired) electrons. The molecule has 0 aliphatic carbocycles. The number of carbonyl (C=O) groups is 1. The van der Waals surface area contributed by atoms with Crippen LogP contribution in [0, 0.1) is 0 Å². The zero-order valence-corrected chi connectivity index (χ0v) is 13.3. The molecule has 21 heavy (non-hydrogen) atoms. The second kappa shape index (κ2) is 9.23. The maximum Gasteiger partial charge on any atom is 0.251 e. The third-order valence-corrected chi connectivity index (χ3v) is 3.34. The summed E-state index contributed by atoms with van der Waals surface area (Å²) in [7, 11) is 0. The van der Waals surface area contributed by atoms with E-state index in [0.717, 1.165) is 26.1 Å². The maximum atomic E-state index is 12.1. The fourth-order valence-corrected chi connectivity index (χ4v) is 2.00. The number of nitrogens with zero attached hydrogens (tertiary/aromatic N) is 1. The van der Waals surface area contributed by atoms with Gasteiger partial charge in [-0.15, -0.1) is 0 Å². The first-order chi connectivity index (χ1) is 10.1. The highest BCUT2D eigenvalue weighted by Crippen LogP contribution is 2.22. The molecular weight excluding hydrogens is 266 g/mol. The third kappa shape index (κ3) is 5.63. The largest absolute Gasteiger partial charge is 0.491 e. The molecule has 0 heterocycles. The van der Waals surface area contributed by atoms with Gasteiger partial charge in [0.25, 0.3) is 5.91 Å². The molecule has 0 unspecified atom stereocenters. The van der Waals surface area contributed by atoms with Crippen LogP contribution in [-0.2, 0) is 0 Å². The van der Waals surface area contributed by atoms with Crippen molar-refractivity contribution in [3.63, 3.8) is 0 Å². The standard InChI is InChI=1S/C16H27N3O2/c1-4-11-21-15-8-7-13(12-14(15)17)16(20)18-9-10-19(5-2)6-3/h7-8,12H,4-6,9-11,17H2,1-3H3,(H,18,20). The van der Waals surface area contributed by atoms with Gasteiger partial charge in [-0.3, -0.25) is 4.79 Å². The van der Waals surface area contributed by atoms with Crippen LogP contribution in [0.2, 0.25) is 0 Å². The van der Waals surface area contributed by atoms with E-state index in [0.29, 0.717) is 30.2 Å². The lowest BCUT2D eigenvalue weighted by Gasteiger charge is -2.18. The molecular formula is C16H27N3O2. The Hall–Kier alpha value is -1.75. The summed E-state index contributed by atoms with van der Waals surface area (Å²) in [6.45, 7) is 10.3. The molecule has 0 fully saturated rings. The third-order valence-electron chi connectivity index (χ3n) is 3.34. The molecule has 1 aromatic rings. The Morgan fingerprint density at radius 1 is 1.29 bits per heavy atom. The Morgan fingerprint density at radius 3 is 2.57 bits per heavy atom. The van der Waals surface area contributed by atoms with Crippen molar-refractivity contribution >= 4 is 11.6 Å². The van der Waals surface area contributed by atoms with Gasteiger partial charge < -0.3 is 20.7 Å². The fraction of sp³-hybridized carbons (Fsp3) is 0.562. The lowest BCUT2D eigenvalue weighted by Crippen LogP contribution is -2.34. The van der Waals surface area contributed by atoms with Gasteiger partial charge in [0.15, 0.2) is 0 Å². The van der Waals surface area contributed by atoms with E-state index in [2.05, 4.69) is 24.1 Å². The normalized spacial score (nSPS) is 10.7. The van der Waals surface area contributed by atoms with E-state index in [1.165, 1.54) is 0 Å². The molecule has 0 aliphatic rings. The van der Waals surface area contributed by atoms with Gasteiger partial charge in [-0.1, -0.05) is 20.8 Å². The average Bonchev–Trinajstić information content (AvgIpc) is 2.50. The summed E-state index contributed by atoms with van der Waals surface area (Å²) < 4.78 is 5.50. The van der Waals surface area contributed by atoms with Crippen LogP contribution in [0.15, 0.2) is 18.2 Å². The second-order valence-corrected chi connectivity index (χ2v) is 4.88. The zero-order valence-electron chi connectivity index (χ0n) is 13.3. The lowest BCUT2D eigenvalue weighted by atomic mass is 10.1. The first-order valence-corrected chi connectivity index (χ1v) is 7.65. The Bertz CT molecular complexity index is 445. The minimum atomic E-state index is -0.101. The van der Waals surface area contributed by atoms with Gasteiger partial charge in [-0.2, -0.15) is 0 Å². The minimum absolute atomic E-state index is 0.101. The summed E-state index contributed by atoms with van der Waals surface area (Å²) in [5.41, 5.74) is 6.97. The van der Waals surface area contributed by atoms with Crippen LogP contribution in [0.5, 0.6) is 5.75 Å². The van der Waals surface area contributed by atoms with Crippen molar-refractivity contribution in [1.29, 1.82) is 0 Å². The highest BCUT2D eigenvalue weighted by molar-refractivity contribution is 5.95. The summed E-state index contributed by atoms with van der Waals surface area (Å²) in [6.07, 6.45) is 0.924. The van der Waals surface area contributed by atoms with Crippen LogP contribution in [0.4, 0.5) is 5.69 Å². The van der Waals surface area contributed by atoms with Crippen molar-refractivity contribution < 1.29 is 9.53 Å². The van der Waals surface area contributed by atoms with Crippen LogP contribution >= 0.6 is 0 Å². The molecule has 0 aromatic heterocycles. The van der Waals surface area contributed by atoms with E-state index in [1.807, 2.05) is 6.92 Å². The van der Waals surface area contributed by atoms with Gasteiger partial charge >= 0.3 is 0 Å². The van der Waals surface area contributed by atoms with Gasteiger partial charge in [-0.25, -0.2) is 0 Å². The van der Waals surface area contributed by atoms with E-state index in [1.54, 1.807) is 18.2 Å². The number of nitrogens with two attached hydrogens (primary N) is 1. The van der Waals surface area contributed by atoms with Gasteiger partial charge in [0.1, 0.15) is 5.75 Å². The van der Waals surface area contributed by atoms with Crippen molar-refractivity contribution in [2.75, 3.05) is 38.5 Å². The number of anilines is 1. The van der Waals surface area contributed by atoms with E-state index in [-0.39, 0.29) is 5.91 Å². The summed E-state index contributed by atoms with van der Waals surface area (Å²) >= 11 is 0. The first kappa shape index (κ1) is 17.3. The van der Waals surface area contributed by atoms with Crippen molar-refractivity contribution in [2.24, 2.45) is 0 Å². The van der Waals surface area contributed by atoms with Crippen molar-refractivity contribution in [3.8, 4) is 5.75 Å². The maximum absolute atomic E-state index is 12.1. The number of ether oxygens (including phenoxy) is 1. The molecule has 1 aromatic carbocycles. The number of hydrogen-bond donors (Lipinski definition) is 2. The molecule has 118 valence electrons. The quantitative estimate of drug-likeness (QED) is 0.684. The molecule has 0 bridgehead atoms. The van der Waals surface area contributed by atoms with Crippen LogP contribution in [0.3, 0.4) is 0 Å². The van der Waals surface area contributed by atoms with Crippen molar-refractivity contribution in [3.05, 3.63) is 23.8 Å². The SMILES string of the molecule is CCCOc1ccc(C(=O)NCCN(CC)CC)cc1N. The fourth-order valence-electron chi connectivity index (χ4n) is 2.00. The number of nitrogens with one attached hydrogen (secondary N) is 1. The lowest BCUT2D eigenvalue weighted by molar-refractivity contribution is 0.0949. The number of likely N-dealkylation sites (N-methyl/N-ethyl adjacent to an activating group) is 1. The number of rotatable bonds is 9. The van der Waals surface area contributed by atoms with Crippen LogP contribution in [0.25, 0.3) is 0 Å². The van der Waals surface area contributed by atoms with E-state index < -0.39 is 0 Å².